The summed E-state index contributed by atoms with van der Waals surface area (Å²) in [5.74, 6) is -0.406. The zero-order valence-corrected chi connectivity index (χ0v) is 12.0. The zero-order chi connectivity index (χ0) is 14.4. The fourth-order valence-corrected chi connectivity index (χ4v) is 1.97. The van der Waals surface area contributed by atoms with Crippen LogP contribution in [0.25, 0.3) is 0 Å². The fourth-order valence-electron chi connectivity index (χ4n) is 1.85. The molecule has 0 amide bonds. The van der Waals surface area contributed by atoms with Crippen LogP contribution < -0.4 is 5.32 Å². The van der Waals surface area contributed by atoms with Gasteiger partial charge in [-0.25, -0.2) is 4.39 Å². The van der Waals surface area contributed by atoms with Crippen molar-refractivity contribution in [3.63, 3.8) is 0 Å². The molecule has 2 rings (SSSR count). The maximum absolute atomic E-state index is 13.4. The number of hydrogen-bond acceptors (Lipinski definition) is 3. The molecule has 108 valence electrons. The second-order valence-electron chi connectivity index (χ2n) is 4.40. The minimum atomic E-state index is -0.406. The molecular weight excluding hydrogens is 281 g/mol. The molecule has 0 spiro atoms. The Kier molecular flexibility index (Phi) is 5.52. The summed E-state index contributed by atoms with van der Waals surface area (Å²) in [6.07, 6.45) is 1.74. The molecule has 0 aliphatic heterocycles. The smallest absolute Gasteiger partial charge is 0.142 e. The molecule has 1 aromatic heterocycles. The number of nitrogens with zero attached hydrogens (tertiary/aromatic N) is 2. The van der Waals surface area contributed by atoms with E-state index in [1.54, 1.807) is 25.4 Å². The second kappa shape index (κ2) is 7.38. The van der Waals surface area contributed by atoms with E-state index in [-0.39, 0.29) is 5.02 Å². The third-order valence-electron chi connectivity index (χ3n) is 2.91. The number of ether oxygens (including phenoxy) is 1. The zero-order valence-electron chi connectivity index (χ0n) is 11.3. The number of aromatic nitrogens is 2. The minimum absolute atomic E-state index is 0.135. The lowest BCUT2D eigenvalue weighted by Gasteiger charge is -2.09. The predicted molar refractivity (Wildman–Crippen MR) is 76.3 cm³/mol. The van der Waals surface area contributed by atoms with Gasteiger partial charge in [-0.1, -0.05) is 17.7 Å². The van der Waals surface area contributed by atoms with Crippen molar-refractivity contribution >= 4 is 11.6 Å². The van der Waals surface area contributed by atoms with Crippen LogP contribution in [0.15, 0.2) is 30.5 Å². The number of halogens is 2. The lowest BCUT2D eigenvalue weighted by Crippen LogP contribution is -2.21. The summed E-state index contributed by atoms with van der Waals surface area (Å²) in [5.41, 5.74) is 1.87. The summed E-state index contributed by atoms with van der Waals surface area (Å²) >= 11 is 5.67. The Morgan fingerprint density at radius 2 is 2.25 bits per heavy atom. The van der Waals surface area contributed by atoms with Crippen molar-refractivity contribution in [3.05, 3.63) is 52.6 Å². The highest BCUT2D eigenvalue weighted by Crippen LogP contribution is 2.16. The van der Waals surface area contributed by atoms with Crippen molar-refractivity contribution in [2.24, 2.45) is 0 Å². The van der Waals surface area contributed by atoms with Crippen LogP contribution in [0.3, 0.4) is 0 Å². The number of methoxy groups -OCH3 is 1. The molecule has 1 aromatic carbocycles. The van der Waals surface area contributed by atoms with Crippen LogP contribution in [0.1, 0.15) is 11.3 Å². The van der Waals surface area contributed by atoms with Crippen LogP contribution in [0.4, 0.5) is 4.39 Å². The Labute approximate surface area is 122 Å². The van der Waals surface area contributed by atoms with Gasteiger partial charge in [0.05, 0.1) is 23.9 Å². The Hall–Kier alpha value is -1.43. The maximum Gasteiger partial charge on any atom is 0.142 e. The maximum atomic E-state index is 13.4. The van der Waals surface area contributed by atoms with Gasteiger partial charge in [0.1, 0.15) is 5.82 Å². The van der Waals surface area contributed by atoms with Gasteiger partial charge < -0.3 is 10.1 Å². The average Bonchev–Trinajstić information content (AvgIpc) is 2.86. The third kappa shape index (κ3) is 4.03. The number of nitrogens with one attached hydrogen (secondary N) is 1. The molecule has 0 unspecified atom stereocenters. The van der Waals surface area contributed by atoms with Crippen LogP contribution in [0.2, 0.25) is 5.02 Å². The van der Waals surface area contributed by atoms with E-state index < -0.39 is 5.82 Å². The van der Waals surface area contributed by atoms with Crippen molar-refractivity contribution in [2.75, 3.05) is 20.3 Å². The molecule has 0 saturated heterocycles. The molecule has 0 aliphatic rings. The van der Waals surface area contributed by atoms with Crippen molar-refractivity contribution in [1.29, 1.82) is 0 Å². The summed E-state index contributed by atoms with van der Waals surface area (Å²) < 4.78 is 20.2. The molecule has 6 heteroatoms. The van der Waals surface area contributed by atoms with Gasteiger partial charge in [0.2, 0.25) is 0 Å². The van der Waals surface area contributed by atoms with E-state index >= 15 is 0 Å². The van der Waals surface area contributed by atoms with Gasteiger partial charge in [-0.15, -0.1) is 0 Å². The molecule has 0 radical (unpaired) electrons. The molecule has 2 aromatic rings. The largest absolute Gasteiger partial charge is 0.383 e. The molecule has 4 nitrogen and oxygen atoms in total. The Balaban J connectivity index is 1.99. The van der Waals surface area contributed by atoms with Gasteiger partial charge in [0.25, 0.3) is 0 Å². The highest BCUT2D eigenvalue weighted by molar-refractivity contribution is 6.30. The van der Waals surface area contributed by atoms with Crippen molar-refractivity contribution in [3.8, 4) is 0 Å². The average molecular weight is 298 g/mol. The molecular formula is C14H17ClFN3O. The standard InChI is InChI=1S/C14H17ClFN3O/c1-20-7-6-17-9-12-4-5-18-19(12)10-11-2-3-13(15)14(16)8-11/h2-5,8,17H,6-7,9-10H2,1H3. The van der Waals surface area contributed by atoms with Crippen molar-refractivity contribution < 1.29 is 9.13 Å². The SMILES string of the molecule is COCCNCc1ccnn1Cc1ccc(Cl)c(F)c1. The van der Waals surface area contributed by atoms with Gasteiger partial charge in [0, 0.05) is 26.4 Å². The summed E-state index contributed by atoms with van der Waals surface area (Å²) in [4.78, 5) is 0. The molecule has 1 N–H and O–H groups in total. The van der Waals surface area contributed by atoms with Crippen LogP contribution in [0, 0.1) is 5.82 Å². The van der Waals surface area contributed by atoms with Crippen LogP contribution in [-0.4, -0.2) is 30.0 Å². The van der Waals surface area contributed by atoms with Crippen molar-refractivity contribution in [2.45, 2.75) is 13.1 Å². The molecule has 20 heavy (non-hydrogen) atoms. The van der Waals surface area contributed by atoms with E-state index in [1.165, 1.54) is 6.07 Å². The van der Waals surface area contributed by atoms with Crippen LogP contribution in [0.5, 0.6) is 0 Å². The first-order valence-corrected chi connectivity index (χ1v) is 6.73. The fraction of sp³-hybridized carbons (Fsp3) is 0.357. The van der Waals surface area contributed by atoms with Crippen LogP contribution >= 0.6 is 11.6 Å². The third-order valence-corrected chi connectivity index (χ3v) is 3.22. The first-order chi connectivity index (χ1) is 9.70. The minimum Gasteiger partial charge on any atom is -0.383 e. The molecule has 1 heterocycles. The molecule has 0 saturated carbocycles. The van der Waals surface area contributed by atoms with Gasteiger partial charge in [-0.3, -0.25) is 4.68 Å². The molecule has 0 fully saturated rings. The quantitative estimate of drug-likeness (QED) is 0.798. The van der Waals surface area contributed by atoms with E-state index in [1.807, 2.05) is 10.7 Å². The van der Waals surface area contributed by atoms with Gasteiger partial charge in [-0.05, 0) is 23.8 Å². The van der Waals surface area contributed by atoms with Crippen molar-refractivity contribution in [1.82, 2.24) is 15.1 Å². The highest BCUT2D eigenvalue weighted by Gasteiger charge is 2.05. The van der Waals surface area contributed by atoms with E-state index in [0.29, 0.717) is 19.7 Å². The van der Waals surface area contributed by atoms with E-state index in [9.17, 15) is 4.39 Å². The molecule has 0 atom stereocenters. The number of benzene rings is 1. The van der Waals surface area contributed by atoms with Gasteiger partial charge in [-0.2, -0.15) is 5.10 Å². The Morgan fingerprint density at radius 3 is 3.00 bits per heavy atom. The summed E-state index contributed by atoms with van der Waals surface area (Å²) in [6.45, 7) is 2.65. The summed E-state index contributed by atoms with van der Waals surface area (Å²) in [5, 5.41) is 7.64. The van der Waals surface area contributed by atoms with Gasteiger partial charge >= 0.3 is 0 Å². The van der Waals surface area contributed by atoms with Crippen LogP contribution in [-0.2, 0) is 17.8 Å². The van der Waals surface area contributed by atoms with E-state index in [4.69, 9.17) is 16.3 Å². The van der Waals surface area contributed by atoms with E-state index in [2.05, 4.69) is 10.4 Å². The number of rotatable bonds is 7. The topological polar surface area (TPSA) is 39.1 Å². The molecule has 0 aliphatic carbocycles. The Bertz CT molecular complexity index is 559. The molecule has 0 bridgehead atoms. The monoisotopic (exact) mass is 297 g/mol. The lowest BCUT2D eigenvalue weighted by molar-refractivity contribution is 0.199. The summed E-state index contributed by atoms with van der Waals surface area (Å²) in [7, 11) is 1.67. The second-order valence-corrected chi connectivity index (χ2v) is 4.81. The van der Waals surface area contributed by atoms with E-state index in [0.717, 1.165) is 17.8 Å². The summed E-state index contributed by atoms with van der Waals surface area (Å²) in [6, 6.07) is 6.74. The first kappa shape index (κ1) is 15.0. The first-order valence-electron chi connectivity index (χ1n) is 6.35. The lowest BCUT2D eigenvalue weighted by atomic mass is 10.2. The normalized spacial score (nSPS) is 10.9. The predicted octanol–water partition coefficient (Wildman–Crippen LogP) is 2.46. The Morgan fingerprint density at radius 1 is 1.40 bits per heavy atom. The van der Waals surface area contributed by atoms with Gasteiger partial charge in [0.15, 0.2) is 0 Å². The highest BCUT2D eigenvalue weighted by atomic mass is 35.5. The number of hydrogen-bond donors (Lipinski definition) is 1.